The maximum absolute atomic E-state index is 12.6. The molecule has 3 aromatic rings. The summed E-state index contributed by atoms with van der Waals surface area (Å²) in [5, 5.41) is 4.66. The molecule has 0 amide bonds. The Morgan fingerprint density at radius 2 is 1.85 bits per heavy atom. The molecule has 0 aliphatic rings. The highest BCUT2D eigenvalue weighted by atomic mass is 35.5. The van der Waals surface area contributed by atoms with Gasteiger partial charge < -0.3 is 10.5 Å². The lowest BCUT2D eigenvalue weighted by Crippen LogP contribution is -2.15. The minimum atomic E-state index is -0.323. The van der Waals surface area contributed by atoms with E-state index in [0.29, 0.717) is 0 Å². The van der Waals surface area contributed by atoms with Crippen LogP contribution in [0.3, 0.4) is 0 Å². The Labute approximate surface area is 170 Å². The number of carbonyl (C=O) groups excluding carboxylic acids is 1. The lowest BCUT2D eigenvalue weighted by Gasteiger charge is -2.09. The SMILES string of the molecule is COc1ccc(Nn2c(N)nn(CC(=O)c3c(Cl)cccc3Cl)c2=S)cc1. The smallest absolute Gasteiger partial charge is 0.240 e. The van der Waals surface area contributed by atoms with Crippen LogP contribution in [-0.2, 0) is 6.54 Å². The van der Waals surface area contributed by atoms with Gasteiger partial charge in [-0.05, 0) is 48.6 Å². The highest BCUT2D eigenvalue weighted by Gasteiger charge is 2.17. The average molecular weight is 424 g/mol. The fourth-order valence-electron chi connectivity index (χ4n) is 2.41. The zero-order valence-corrected chi connectivity index (χ0v) is 16.5. The predicted molar refractivity (Wildman–Crippen MR) is 108 cm³/mol. The summed E-state index contributed by atoms with van der Waals surface area (Å²) >= 11 is 17.5. The van der Waals surface area contributed by atoms with Crippen LogP contribution >= 0.6 is 35.4 Å². The maximum Gasteiger partial charge on any atom is 0.240 e. The maximum atomic E-state index is 12.6. The fraction of sp³-hybridized carbons (Fsp3) is 0.118. The molecular weight excluding hydrogens is 409 g/mol. The third kappa shape index (κ3) is 4.08. The van der Waals surface area contributed by atoms with Crippen LogP contribution in [0.25, 0.3) is 0 Å². The van der Waals surface area contributed by atoms with Crippen molar-refractivity contribution < 1.29 is 9.53 Å². The number of hydrogen-bond acceptors (Lipinski definition) is 6. The number of methoxy groups -OCH3 is 1. The number of benzene rings is 2. The van der Waals surface area contributed by atoms with Crippen LogP contribution in [0.1, 0.15) is 10.4 Å². The van der Waals surface area contributed by atoms with Gasteiger partial charge in [0.2, 0.25) is 10.7 Å². The zero-order chi connectivity index (χ0) is 19.6. The van der Waals surface area contributed by atoms with Crippen molar-refractivity contribution in [3.8, 4) is 5.75 Å². The van der Waals surface area contributed by atoms with Crippen molar-refractivity contribution in [2.24, 2.45) is 0 Å². The van der Waals surface area contributed by atoms with Crippen molar-refractivity contribution in [2.75, 3.05) is 18.3 Å². The Morgan fingerprint density at radius 3 is 2.44 bits per heavy atom. The van der Waals surface area contributed by atoms with E-state index in [1.807, 2.05) is 0 Å². The lowest BCUT2D eigenvalue weighted by molar-refractivity contribution is 0.0967. The number of nitrogens with two attached hydrogens (primary N) is 1. The summed E-state index contributed by atoms with van der Waals surface area (Å²) in [6, 6.07) is 12.0. The van der Waals surface area contributed by atoms with E-state index < -0.39 is 0 Å². The molecular formula is C17H15Cl2N5O2S. The number of halogens is 2. The van der Waals surface area contributed by atoms with Crippen molar-refractivity contribution in [1.82, 2.24) is 14.5 Å². The third-order valence-corrected chi connectivity index (χ3v) is 4.75. The summed E-state index contributed by atoms with van der Waals surface area (Å²) < 4.78 is 8.05. The van der Waals surface area contributed by atoms with E-state index in [9.17, 15) is 4.79 Å². The number of ether oxygens (including phenoxy) is 1. The first kappa shape index (κ1) is 19.2. The van der Waals surface area contributed by atoms with Crippen LogP contribution in [0.15, 0.2) is 42.5 Å². The van der Waals surface area contributed by atoms with E-state index in [2.05, 4.69) is 10.5 Å². The van der Waals surface area contributed by atoms with E-state index in [1.54, 1.807) is 49.6 Å². The quantitative estimate of drug-likeness (QED) is 0.458. The van der Waals surface area contributed by atoms with Crippen molar-refractivity contribution in [2.45, 2.75) is 6.54 Å². The molecule has 27 heavy (non-hydrogen) atoms. The summed E-state index contributed by atoms with van der Waals surface area (Å²) in [6.07, 6.45) is 0. The summed E-state index contributed by atoms with van der Waals surface area (Å²) in [5.74, 6) is 0.500. The van der Waals surface area contributed by atoms with Crippen LogP contribution in [0.5, 0.6) is 5.75 Å². The van der Waals surface area contributed by atoms with E-state index >= 15 is 0 Å². The number of nitrogen functional groups attached to an aromatic ring is 1. The summed E-state index contributed by atoms with van der Waals surface area (Å²) in [5.41, 5.74) is 9.91. The monoisotopic (exact) mass is 423 g/mol. The molecule has 0 radical (unpaired) electrons. The molecule has 2 aromatic carbocycles. The van der Waals surface area contributed by atoms with Gasteiger partial charge >= 0.3 is 0 Å². The van der Waals surface area contributed by atoms with Gasteiger partial charge in [0.1, 0.15) is 12.3 Å². The van der Waals surface area contributed by atoms with E-state index in [0.717, 1.165) is 11.4 Å². The number of nitrogens with zero attached hydrogens (tertiary/aromatic N) is 3. The molecule has 1 aromatic heterocycles. The number of ketones is 1. The van der Waals surface area contributed by atoms with Crippen LogP contribution in [0.2, 0.25) is 10.0 Å². The van der Waals surface area contributed by atoms with E-state index in [1.165, 1.54) is 9.36 Å². The largest absolute Gasteiger partial charge is 0.497 e. The first-order valence-corrected chi connectivity index (χ1v) is 8.90. The Hall–Kier alpha value is -2.55. The number of carbonyl (C=O) groups is 1. The number of aromatic nitrogens is 3. The summed E-state index contributed by atoms with van der Waals surface area (Å²) in [4.78, 5) is 12.6. The van der Waals surface area contributed by atoms with Gasteiger partial charge in [0.25, 0.3) is 0 Å². The predicted octanol–water partition coefficient (Wildman–Crippen LogP) is 4.07. The van der Waals surface area contributed by atoms with Crippen molar-refractivity contribution in [3.63, 3.8) is 0 Å². The van der Waals surface area contributed by atoms with Crippen molar-refractivity contribution in [1.29, 1.82) is 0 Å². The highest BCUT2D eigenvalue weighted by Crippen LogP contribution is 2.25. The minimum absolute atomic E-state index is 0.105. The fourth-order valence-corrected chi connectivity index (χ4v) is 3.26. The van der Waals surface area contributed by atoms with Crippen molar-refractivity contribution in [3.05, 3.63) is 62.8 Å². The Morgan fingerprint density at radius 1 is 1.22 bits per heavy atom. The molecule has 0 aliphatic heterocycles. The van der Waals surface area contributed by atoms with Gasteiger partial charge in [-0.2, -0.15) is 4.68 Å². The van der Waals surface area contributed by atoms with Gasteiger partial charge in [-0.1, -0.05) is 29.3 Å². The van der Waals surface area contributed by atoms with Gasteiger partial charge in [-0.3, -0.25) is 10.2 Å². The molecule has 0 unspecified atom stereocenters. The molecule has 3 rings (SSSR count). The molecule has 0 fully saturated rings. The van der Waals surface area contributed by atoms with Crippen molar-refractivity contribution >= 4 is 52.8 Å². The van der Waals surface area contributed by atoms with E-state index in [-0.39, 0.29) is 38.7 Å². The lowest BCUT2D eigenvalue weighted by atomic mass is 10.1. The third-order valence-electron chi connectivity index (χ3n) is 3.73. The second-order valence-electron chi connectivity index (χ2n) is 5.49. The topological polar surface area (TPSA) is 87.1 Å². The molecule has 0 saturated heterocycles. The van der Waals surface area contributed by atoms with Crippen LogP contribution in [0, 0.1) is 4.77 Å². The molecule has 10 heteroatoms. The normalized spacial score (nSPS) is 10.6. The molecule has 140 valence electrons. The van der Waals surface area contributed by atoms with Crippen LogP contribution in [-0.4, -0.2) is 27.3 Å². The van der Waals surface area contributed by atoms with Gasteiger partial charge in [-0.25, -0.2) is 4.68 Å². The van der Waals surface area contributed by atoms with Gasteiger partial charge in [-0.15, -0.1) is 5.10 Å². The highest BCUT2D eigenvalue weighted by molar-refractivity contribution is 7.71. The molecule has 7 nitrogen and oxygen atoms in total. The number of rotatable bonds is 6. The number of nitrogens with one attached hydrogen (secondary N) is 1. The van der Waals surface area contributed by atoms with Crippen LogP contribution < -0.4 is 15.9 Å². The molecule has 0 spiro atoms. The molecule has 3 N–H and O–H groups in total. The molecule has 0 saturated carbocycles. The minimum Gasteiger partial charge on any atom is -0.497 e. The Balaban J connectivity index is 1.85. The average Bonchev–Trinajstić information content (AvgIpc) is 2.89. The number of hydrogen-bond donors (Lipinski definition) is 2. The molecule has 0 atom stereocenters. The molecule has 1 heterocycles. The number of Topliss-reactive ketones (excluding diaryl/α,β-unsaturated/α-hetero) is 1. The second kappa shape index (κ2) is 7.99. The summed E-state index contributed by atoms with van der Waals surface area (Å²) in [6.45, 7) is -0.149. The van der Waals surface area contributed by atoms with Crippen LogP contribution in [0.4, 0.5) is 11.6 Å². The Bertz CT molecular complexity index is 1030. The van der Waals surface area contributed by atoms with Gasteiger partial charge in [0, 0.05) is 0 Å². The first-order valence-electron chi connectivity index (χ1n) is 7.74. The first-order chi connectivity index (χ1) is 12.9. The van der Waals surface area contributed by atoms with Gasteiger partial charge in [0.15, 0.2) is 5.78 Å². The zero-order valence-electron chi connectivity index (χ0n) is 14.1. The molecule has 0 bridgehead atoms. The standard InChI is InChI=1S/C17H15Cl2N5O2S/c1-26-11-7-5-10(6-8-11)21-24-16(20)22-23(17(24)27)9-14(25)15-12(18)3-2-4-13(15)19/h2-8,21H,9H2,1H3,(H2,20,22). The molecule has 0 aliphatic carbocycles. The number of anilines is 2. The van der Waals surface area contributed by atoms with E-state index in [4.69, 9.17) is 45.9 Å². The Kier molecular flexibility index (Phi) is 5.69. The summed E-state index contributed by atoms with van der Waals surface area (Å²) in [7, 11) is 1.59. The second-order valence-corrected chi connectivity index (χ2v) is 6.67. The van der Waals surface area contributed by atoms with Gasteiger partial charge in [0.05, 0.1) is 28.4 Å².